The van der Waals surface area contributed by atoms with Gasteiger partial charge in [-0.1, -0.05) is 29.8 Å². The standard InChI is InChI=1S/C25H21ClF4N4O2/c1-12-8-20(34-33-12)21-17(10-15(26)11-18(21)27)14-2-4-16-13(9-14)3-5-19(16)31-22(35)24(6-7-24)32-23(36)25(28,29)30/h2,4,8-11,19H,3,5-7H2,1H3,(H,31,35)(H,32,36)(H,33,34)/t19-/m0/s1. The Hall–Kier alpha value is -3.40. The number of halogens is 5. The number of H-pyrrole nitrogens is 1. The number of aryl methyl sites for hydroxylation is 2. The lowest BCUT2D eigenvalue weighted by Crippen LogP contribution is -2.53. The van der Waals surface area contributed by atoms with Gasteiger partial charge in [-0.15, -0.1) is 0 Å². The molecule has 1 saturated carbocycles. The Morgan fingerprint density at radius 1 is 1.17 bits per heavy atom. The molecule has 0 spiro atoms. The van der Waals surface area contributed by atoms with Gasteiger partial charge in [0.2, 0.25) is 5.91 Å². The minimum atomic E-state index is -5.06. The van der Waals surface area contributed by atoms with Gasteiger partial charge in [-0.2, -0.15) is 18.3 Å². The van der Waals surface area contributed by atoms with Crippen molar-refractivity contribution in [2.24, 2.45) is 0 Å². The van der Waals surface area contributed by atoms with Crippen LogP contribution in [0.2, 0.25) is 5.02 Å². The minimum Gasteiger partial charge on any atom is -0.347 e. The largest absolute Gasteiger partial charge is 0.471 e. The number of aromatic nitrogens is 2. The lowest BCUT2D eigenvalue weighted by molar-refractivity contribution is -0.175. The number of benzene rings is 2. The number of amides is 2. The van der Waals surface area contributed by atoms with Crippen LogP contribution >= 0.6 is 11.6 Å². The van der Waals surface area contributed by atoms with Crippen LogP contribution in [0.1, 0.15) is 42.1 Å². The fourth-order valence-electron chi connectivity index (χ4n) is 4.66. The molecule has 5 rings (SSSR count). The maximum absolute atomic E-state index is 15.0. The molecule has 1 aromatic heterocycles. The summed E-state index contributed by atoms with van der Waals surface area (Å²) in [6.45, 7) is 1.81. The Kier molecular flexibility index (Phi) is 5.82. The molecule has 0 saturated heterocycles. The van der Waals surface area contributed by atoms with Gasteiger partial charge < -0.3 is 10.6 Å². The predicted molar refractivity (Wildman–Crippen MR) is 125 cm³/mol. The van der Waals surface area contributed by atoms with E-state index in [-0.39, 0.29) is 17.9 Å². The van der Waals surface area contributed by atoms with Gasteiger partial charge in [0.1, 0.15) is 11.4 Å². The third-order valence-corrected chi connectivity index (χ3v) is 6.87. The molecule has 2 aromatic carbocycles. The van der Waals surface area contributed by atoms with E-state index in [2.05, 4.69) is 15.5 Å². The summed E-state index contributed by atoms with van der Waals surface area (Å²) in [5.41, 5.74) is 3.03. The summed E-state index contributed by atoms with van der Waals surface area (Å²) < 4.78 is 52.9. The molecular weight excluding hydrogens is 500 g/mol. The molecule has 2 amide bonds. The van der Waals surface area contributed by atoms with Crippen LogP contribution in [0.5, 0.6) is 0 Å². The van der Waals surface area contributed by atoms with Gasteiger partial charge in [0, 0.05) is 16.3 Å². The van der Waals surface area contributed by atoms with Gasteiger partial charge in [-0.3, -0.25) is 14.7 Å². The first kappa shape index (κ1) is 24.3. The van der Waals surface area contributed by atoms with Crippen LogP contribution in [0.3, 0.4) is 0 Å². The van der Waals surface area contributed by atoms with E-state index in [1.54, 1.807) is 18.2 Å². The number of carbonyl (C=O) groups excluding carboxylic acids is 2. The number of hydrogen-bond donors (Lipinski definition) is 3. The Morgan fingerprint density at radius 2 is 1.92 bits per heavy atom. The third-order valence-electron chi connectivity index (χ3n) is 6.65. The van der Waals surface area contributed by atoms with Crippen LogP contribution in [0.25, 0.3) is 22.4 Å². The summed E-state index contributed by atoms with van der Waals surface area (Å²) in [4.78, 5) is 24.1. The molecule has 2 aliphatic rings. The summed E-state index contributed by atoms with van der Waals surface area (Å²) in [5.74, 6) is -3.26. The summed E-state index contributed by atoms with van der Waals surface area (Å²) in [5, 5.41) is 11.9. The number of rotatable bonds is 5. The van der Waals surface area contributed by atoms with Crippen LogP contribution in [0, 0.1) is 12.7 Å². The molecule has 0 unspecified atom stereocenters. The van der Waals surface area contributed by atoms with Crippen LogP contribution in [0.15, 0.2) is 36.4 Å². The molecule has 36 heavy (non-hydrogen) atoms. The van der Waals surface area contributed by atoms with E-state index < -0.39 is 35.4 Å². The molecule has 0 radical (unpaired) electrons. The zero-order valence-corrected chi connectivity index (χ0v) is 19.8. The molecular formula is C25H21ClF4N4O2. The second-order valence-corrected chi connectivity index (χ2v) is 9.70. The van der Waals surface area contributed by atoms with Crippen molar-refractivity contribution in [1.82, 2.24) is 20.8 Å². The van der Waals surface area contributed by atoms with Gasteiger partial charge in [0.05, 0.1) is 11.7 Å². The summed E-state index contributed by atoms with van der Waals surface area (Å²) in [6.07, 6.45) is -3.61. The fourth-order valence-corrected chi connectivity index (χ4v) is 4.87. The Bertz CT molecular complexity index is 1380. The van der Waals surface area contributed by atoms with Crippen LogP contribution in [-0.2, 0) is 16.0 Å². The molecule has 1 atom stereocenters. The average Bonchev–Trinajstić information content (AvgIpc) is 3.29. The fraction of sp³-hybridized carbons (Fsp3) is 0.320. The van der Waals surface area contributed by atoms with Crippen molar-refractivity contribution in [1.29, 1.82) is 0 Å². The van der Waals surface area contributed by atoms with Crippen molar-refractivity contribution in [3.8, 4) is 22.4 Å². The maximum atomic E-state index is 15.0. The van der Waals surface area contributed by atoms with Gasteiger partial charge in [-0.25, -0.2) is 4.39 Å². The van der Waals surface area contributed by atoms with E-state index in [9.17, 15) is 27.2 Å². The Morgan fingerprint density at radius 3 is 2.56 bits per heavy atom. The second kappa shape index (κ2) is 8.62. The molecule has 11 heteroatoms. The van der Waals surface area contributed by atoms with Crippen molar-refractivity contribution in [3.05, 3.63) is 64.1 Å². The highest BCUT2D eigenvalue weighted by Crippen LogP contribution is 2.41. The zero-order valence-electron chi connectivity index (χ0n) is 19.0. The van der Waals surface area contributed by atoms with Gasteiger partial charge in [0.25, 0.3) is 0 Å². The molecule has 3 N–H and O–H groups in total. The summed E-state index contributed by atoms with van der Waals surface area (Å²) >= 11 is 6.16. The highest BCUT2D eigenvalue weighted by atomic mass is 35.5. The number of nitrogens with one attached hydrogen (secondary N) is 3. The predicted octanol–water partition coefficient (Wildman–Crippen LogP) is 5.16. The molecule has 0 bridgehead atoms. The third kappa shape index (κ3) is 4.45. The first-order valence-electron chi connectivity index (χ1n) is 11.3. The van der Waals surface area contributed by atoms with E-state index in [1.807, 2.05) is 24.4 Å². The van der Waals surface area contributed by atoms with E-state index in [4.69, 9.17) is 11.6 Å². The van der Waals surface area contributed by atoms with Gasteiger partial charge in [-0.05, 0) is 73.1 Å². The number of alkyl halides is 3. The van der Waals surface area contributed by atoms with Crippen LogP contribution in [-0.4, -0.2) is 33.7 Å². The maximum Gasteiger partial charge on any atom is 0.471 e. The summed E-state index contributed by atoms with van der Waals surface area (Å²) in [7, 11) is 0. The average molecular weight is 521 g/mol. The number of carbonyl (C=O) groups is 2. The molecule has 1 fully saturated rings. The Labute approximate surface area is 208 Å². The van der Waals surface area contributed by atoms with Crippen LogP contribution < -0.4 is 10.6 Å². The lowest BCUT2D eigenvalue weighted by atomic mass is 9.94. The number of fused-ring (bicyclic) bond motifs is 1. The van der Waals surface area contributed by atoms with Crippen molar-refractivity contribution in [2.45, 2.75) is 50.4 Å². The van der Waals surface area contributed by atoms with Crippen molar-refractivity contribution >= 4 is 23.4 Å². The highest BCUT2D eigenvalue weighted by molar-refractivity contribution is 6.31. The number of nitrogens with zero attached hydrogens (tertiary/aromatic N) is 1. The first-order valence-corrected chi connectivity index (χ1v) is 11.7. The molecule has 6 nitrogen and oxygen atoms in total. The van der Waals surface area contributed by atoms with Crippen molar-refractivity contribution < 1.29 is 27.2 Å². The second-order valence-electron chi connectivity index (χ2n) is 9.26. The quantitative estimate of drug-likeness (QED) is 0.406. The van der Waals surface area contributed by atoms with E-state index in [0.29, 0.717) is 35.2 Å². The van der Waals surface area contributed by atoms with Crippen LogP contribution in [0.4, 0.5) is 17.6 Å². The van der Waals surface area contributed by atoms with E-state index in [1.165, 1.54) is 6.07 Å². The highest BCUT2D eigenvalue weighted by Gasteiger charge is 2.55. The smallest absolute Gasteiger partial charge is 0.347 e. The molecule has 188 valence electrons. The SMILES string of the molecule is Cc1cc(-c2c(F)cc(Cl)cc2-c2ccc3c(c2)CC[C@@H]3NC(=O)C2(NC(=O)C(F)(F)F)CC2)n[nH]1. The summed E-state index contributed by atoms with van der Waals surface area (Å²) in [6, 6.07) is 9.72. The topological polar surface area (TPSA) is 86.9 Å². The molecule has 2 aliphatic carbocycles. The Balaban J connectivity index is 1.40. The zero-order chi connectivity index (χ0) is 25.8. The molecule has 0 aliphatic heterocycles. The minimum absolute atomic E-state index is 0.148. The first-order chi connectivity index (χ1) is 17.0. The number of aromatic amines is 1. The number of hydrogen-bond acceptors (Lipinski definition) is 3. The lowest BCUT2D eigenvalue weighted by Gasteiger charge is -2.21. The van der Waals surface area contributed by atoms with Gasteiger partial charge in [0.15, 0.2) is 0 Å². The van der Waals surface area contributed by atoms with E-state index in [0.717, 1.165) is 16.8 Å². The normalized spacial score (nSPS) is 18.0. The van der Waals surface area contributed by atoms with Crippen molar-refractivity contribution in [2.75, 3.05) is 0 Å². The van der Waals surface area contributed by atoms with Gasteiger partial charge >= 0.3 is 12.1 Å². The van der Waals surface area contributed by atoms with E-state index >= 15 is 0 Å². The molecule has 3 aromatic rings. The van der Waals surface area contributed by atoms with Crippen molar-refractivity contribution in [3.63, 3.8) is 0 Å². The molecule has 1 heterocycles. The monoisotopic (exact) mass is 520 g/mol.